The first-order valence-corrected chi connectivity index (χ1v) is 8.27. The van der Waals surface area contributed by atoms with Gasteiger partial charge < -0.3 is 4.74 Å². The smallest absolute Gasteiger partial charge is 0.122 e. The van der Waals surface area contributed by atoms with E-state index in [9.17, 15) is 0 Å². The lowest BCUT2D eigenvalue weighted by molar-refractivity contribution is 0.409. The topological polar surface area (TPSA) is 21.6 Å². The van der Waals surface area contributed by atoms with Crippen LogP contribution in [0.15, 0.2) is 71.4 Å². The van der Waals surface area contributed by atoms with Crippen molar-refractivity contribution in [2.24, 2.45) is 4.99 Å². The average molecular weight is 317 g/mol. The first-order valence-electron chi connectivity index (χ1n) is 8.27. The quantitative estimate of drug-likeness (QED) is 0.688. The molecular formula is C22H23NO. The van der Waals surface area contributed by atoms with Crippen LogP contribution in [0.1, 0.15) is 37.0 Å². The molecular weight excluding hydrogens is 294 g/mol. The summed E-state index contributed by atoms with van der Waals surface area (Å²) < 4.78 is 5.54. The minimum atomic E-state index is 0.825. The maximum absolute atomic E-state index is 5.54. The Bertz CT molecular complexity index is 828. The molecule has 0 fully saturated rings. The van der Waals surface area contributed by atoms with Gasteiger partial charge in [-0.05, 0) is 49.5 Å². The van der Waals surface area contributed by atoms with Crippen molar-refractivity contribution in [1.82, 2.24) is 0 Å². The fourth-order valence-corrected chi connectivity index (χ4v) is 3.36. The van der Waals surface area contributed by atoms with E-state index in [0.29, 0.717) is 0 Å². The molecule has 0 heterocycles. The van der Waals surface area contributed by atoms with Gasteiger partial charge in [0.25, 0.3) is 0 Å². The molecule has 0 spiro atoms. The summed E-state index contributed by atoms with van der Waals surface area (Å²) in [7, 11) is 1.74. The van der Waals surface area contributed by atoms with Crippen LogP contribution < -0.4 is 4.74 Å². The minimum absolute atomic E-state index is 0.825. The summed E-state index contributed by atoms with van der Waals surface area (Å²) in [6.45, 7) is 8.11. The van der Waals surface area contributed by atoms with E-state index < -0.39 is 0 Å². The van der Waals surface area contributed by atoms with E-state index in [2.05, 4.69) is 49.9 Å². The van der Waals surface area contributed by atoms with Crippen LogP contribution in [-0.4, -0.2) is 12.8 Å². The van der Waals surface area contributed by atoms with E-state index in [-0.39, 0.29) is 0 Å². The van der Waals surface area contributed by atoms with Crippen molar-refractivity contribution in [2.45, 2.75) is 26.7 Å². The Labute approximate surface area is 144 Å². The van der Waals surface area contributed by atoms with E-state index in [1.165, 1.54) is 22.3 Å². The first kappa shape index (κ1) is 16.3. The van der Waals surface area contributed by atoms with Crippen LogP contribution in [0.3, 0.4) is 0 Å². The van der Waals surface area contributed by atoms with Crippen LogP contribution in [-0.2, 0) is 6.42 Å². The van der Waals surface area contributed by atoms with Gasteiger partial charge in [-0.3, -0.25) is 4.99 Å². The Balaban J connectivity index is 2.17. The highest BCUT2D eigenvalue weighted by Crippen LogP contribution is 2.37. The molecule has 0 aliphatic heterocycles. The molecule has 0 saturated heterocycles. The average Bonchev–Trinajstić information content (AvgIpc) is 2.60. The Morgan fingerprint density at radius 2 is 1.79 bits per heavy atom. The van der Waals surface area contributed by atoms with Gasteiger partial charge in [-0.1, -0.05) is 49.0 Å². The second-order valence-corrected chi connectivity index (χ2v) is 6.15. The summed E-state index contributed by atoms with van der Waals surface area (Å²) >= 11 is 0. The predicted molar refractivity (Wildman–Crippen MR) is 102 cm³/mol. The van der Waals surface area contributed by atoms with E-state index in [4.69, 9.17) is 9.73 Å². The van der Waals surface area contributed by atoms with Crippen LogP contribution in [0.2, 0.25) is 0 Å². The zero-order valence-electron chi connectivity index (χ0n) is 14.6. The number of fused-ring (bicyclic) bond motifs is 1. The highest BCUT2D eigenvalue weighted by Gasteiger charge is 2.22. The molecule has 2 heteroatoms. The number of benzene rings is 2. The highest BCUT2D eigenvalue weighted by atomic mass is 16.5. The number of nitrogens with zero attached hydrogens (tertiary/aromatic N) is 1. The molecule has 122 valence electrons. The summed E-state index contributed by atoms with van der Waals surface area (Å²) in [4.78, 5) is 4.77. The van der Waals surface area contributed by atoms with Gasteiger partial charge in [0.2, 0.25) is 0 Å². The molecule has 0 amide bonds. The second kappa shape index (κ2) is 6.88. The van der Waals surface area contributed by atoms with E-state index in [1.54, 1.807) is 7.11 Å². The van der Waals surface area contributed by atoms with Gasteiger partial charge in [-0.15, -0.1) is 0 Å². The maximum Gasteiger partial charge on any atom is 0.122 e. The van der Waals surface area contributed by atoms with Crippen molar-refractivity contribution in [3.05, 3.63) is 83.1 Å². The van der Waals surface area contributed by atoms with Crippen molar-refractivity contribution in [3.63, 3.8) is 0 Å². The van der Waals surface area contributed by atoms with Crippen LogP contribution in [0.25, 0.3) is 5.57 Å². The highest BCUT2D eigenvalue weighted by molar-refractivity contribution is 6.17. The molecule has 24 heavy (non-hydrogen) atoms. The number of rotatable bonds is 4. The molecule has 0 atom stereocenters. The van der Waals surface area contributed by atoms with Crippen molar-refractivity contribution in [2.75, 3.05) is 7.11 Å². The first-order chi connectivity index (χ1) is 11.6. The van der Waals surface area contributed by atoms with Crippen LogP contribution in [0, 0.1) is 0 Å². The van der Waals surface area contributed by atoms with Gasteiger partial charge in [-0.25, -0.2) is 0 Å². The van der Waals surface area contributed by atoms with Crippen LogP contribution in [0.4, 0.5) is 0 Å². The molecule has 3 rings (SSSR count). The lowest BCUT2D eigenvalue weighted by Gasteiger charge is -2.24. The van der Waals surface area contributed by atoms with Crippen molar-refractivity contribution >= 4 is 11.3 Å². The van der Waals surface area contributed by atoms with Gasteiger partial charge in [0.15, 0.2) is 0 Å². The van der Waals surface area contributed by atoms with E-state index in [1.807, 2.05) is 19.1 Å². The van der Waals surface area contributed by atoms with Gasteiger partial charge in [0.1, 0.15) is 5.75 Å². The summed E-state index contributed by atoms with van der Waals surface area (Å²) in [5, 5.41) is 0. The minimum Gasteiger partial charge on any atom is -0.496 e. The monoisotopic (exact) mass is 317 g/mol. The Hall–Kier alpha value is -2.61. The molecule has 1 aliphatic rings. The number of methoxy groups -OCH3 is 1. The van der Waals surface area contributed by atoms with Crippen molar-refractivity contribution < 1.29 is 4.74 Å². The molecule has 0 bridgehead atoms. The van der Waals surface area contributed by atoms with Gasteiger partial charge in [0, 0.05) is 16.8 Å². The van der Waals surface area contributed by atoms with Gasteiger partial charge in [0.05, 0.1) is 12.8 Å². The molecule has 0 aromatic heterocycles. The summed E-state index contributed by atoms with van der Waals surface area (Å²) in [5.74, 6) is 0.976. The molecule has 1 aliphatic carbocycles. The van der Waals surface area contributed by atoms with Crippen LogP contribution >= 0.6 is 0 Å². The van der Waals surface area contributed by atoms with Gasteiger partial charge in [-0.2, -0.15) is 0 Å². The summed E-state index contributed by atoms with van der Waals surface area (Å²) in [6.07, 6.45) is 1.92. The molecule has 0 radical (unpaired) electrons. The lowest BCUT2D eigenvalue weighted by atomic mass is 9.82. The fraction of sp³-hybridized carbons (Fsp3) is 0.227. The maximum atomic E-state index is 5.54. The predicted octanol–water partition coefficient (Wildman–Crippen LogP) is 5.44. The third-order valence-electron chi connectivity index (χ3n) is 4.47. The Kier molecular flexibility index (Phi) is 4.66. The lowest BCUT2D eigenvalue weighted by Crippen LogP contribution is -2.14. The Morgan fingerprint density at radius 1 is 1.04 bits per heavy atom. The third-order valence-corrected chi connectivity index (χ3v) is 4.47. The molecule has 0 saturated carbocycles. The second-order valence-electron chi connectivity index (χ2n) is 6.15. The zero-order chi connectivity index (χ0) is 17.1. The fourth-order valence-electron chi connectivity index (χ4n) is 3.36. The largest absolute Gasteiger partial charge is 0.496 e. The molecule has 2 nitrogen and oxygen atoms in total. The van der Waals surface area contributed by atoms with Gasteiger partial charge >= 0.3 is 0 Å². The third kappa shape index (κ3) is 3.05. The molecule has 0 N–H and O–H groups in total. The SMILES string of the molecule is C=C(C)N=C(C1=C(C)c2cccc(OC)c2CC1)c1ccccc1. The molecule has 0 unspecified atom stereocenters. The zero-order valence-corrected chi connectivity index (χ0v) is 14.6. The number of aliphatic imine (C=N–C) groups is 1. The van der Waals surface area contributed by atoms with Crippen molar-refractivity contribution in [3.8, 4) is 5.75 Å². The molecule has 2 aromatic carbocycles. The van der Waals surface area contributed by atoms with Crippen LogP contribution in [0.5, 0.6) is 5.75 Å². The molecule has 2 aromatic rings. The standard InChI is InChI=1S/C22H23NO/c1-15(2)23-22(17-9-6-5-7-10-17)19-13-14-20-18(16(19)3)11-8-12-21(20)24-4/h5-12H,1,13-14H2,2-4H3. The number of ether oxygens (including phenoxy) is 1. The number of hydrogen-bond acceptors (Lipinski definition) is 2. The normalized spacial score (nSPS) is 14.4. The van der Waals surface area contributed by atoms with Crippen molar-refractivity contribution in [1.29, 1.82) is 0 Å². The number of allylic oxidation sites excluding steroid dienone is 3. The Morgan fingerprint density at radius 3 is 2.46 bits per heavy atom. The van der Waals surface area contributed by atoms with E-state index in [0.717, 1.165) is 35.6 Å². The summed E-state index contributed by atoms with van der Waals surface area (Å²) in [6, 6.07) is 16.6. The number of hydrogen-bond donors (Lipinski definition) is 0. The van der Waals surface area contributed by atoms with E-state index >= 15 is 0 Å². The summed E-state index contributed by atoms with van der Waals surface area (Å²) in [5.41, 5.74) is 8.13.